The van der Waals surface area contributed by atoms with Crippen molar-refractivity contribution in [2.45, 2.75) is 53.1 Å². The molecular formula is C25H28N4O2S. The molecule has 0 radical (unpaired) electrons. The Morgan fingerprint density at radius 2 is 2.06 bits per heavy atom. The van der Waals surface area contributed by atoms with Crippen LogP contribution in [0.2, 0.25) is 0 Å². The fourth-order valence-electron chi connectivity index (χ4n) is 4.08. The number of aromatic nitrogens is 3. The number of nitrogens with zero attached hydrogens (tertiary/aromatic N) is 2. The molecule has 0 saturated carbocycles. The van der Waals surface area contributed by atoms with Crippen LogP contribution in [0.4, 0.5) is 0 Å². The lowest BCUT2D eigenvalue weighted by Crippen LogP contribution is -2.28. The van der Waals surface area contributed by atoms with Gasteiger partial charge in [0.2, 0.25) is 0 Å². The lowest BCUT2D eigenvalue weighted by Gasteiger charge is -2.13. The van der Waals surface area contributed by atoms with Crippen molar-refractivity contribution < 1.29 is 4.79 Å². The number of pyridine rings is 1. The number of carbonyl (C=O) groups is 1. The summed E-state index contributed by atoms with van der Waals surface area (Å²) < 4.78 is 1.94. The Hall–Kier alpha value is -3.19. The molecule has 6 nitrogen and oxygen atoms in total. The van der Waals surface area contributed by atoms with Crippen LogP contribution >= 0.6 is 11.3 Å². The third-order valence-electron chi connectivity index (χ3n) is 5.61. The van der Waals surface area contributed by atoms with E-state index in [9.17, 15) is 9.59 Å². The fraction of sp³-hybridized carbons (Fsp3) is 0.320. The predicted octanol–water partition coefficient (Wildman–Crippen LogP) is 5.22. The molecule has 0 aliphatic heterocycles. The molecule has 0 spiro atoms. The summed E-state index contributed by atoms with van der Waals surface area (Å²) in [6.07, 6.45) is 3.49. The number of benzene rings is 1. The molecule has 3 aromatic heterocycles. The van der Waals surface area contributed by atoms with Crippen molar-refractivity contribution in [3.8, 4) is 11.1 Å². The Bertz CT molecular complexity index is 1320. The molecule has 1 amide bonds. The number of hydrogen-bond acceptors (Lipinski definition) is 4. The monoisotopic (exact) mass is 448 g/mol. The van der Waals surface area contributed by atoms with Gasteiger partial charge >= 0.3 is 0 Å². The number of nitrogens with one attached hydrogen (secondary N) is 2. The van der Waals surface area contributed by atoms with Crippen molar-refractivity contribution in [3.63, 3.8) is 0 Å². The molecule has 3 heterocycles. The maximum Gasteiger partial charge on any atom is 0.253 e. The van der Waals surface area contributed by atoms with Crippen LogP contribution in [0, 0.1) is 6.92 Å². The molecule has 166 valence electrons. The number of carbonyl (C=O) groups excluding carboxylic acids is 1. The lowest BCUT2D eigenvalue weighted by atomic mass is 10.0. The molecule has 0 unspecified atom stereocenters. The Morgan fingerprint density at radius 1 is 1.25 bits per heavy atom. The molecular weight excluding hydrogens is 420 g/mol. The summed E-state index contributed by atoms with van der Waals surface area (Å²) in [5, 5.41) is 12.4. The van der Waals surface area contributed by atoms with Crippen molar-refractivity contribution >= 4 is 28.1 Å². The van der Waals surface area contributed by atoms with E-state index in [1.807, 2.05) is 35.2 Å². The van der Waals surface area contributed by atoms with Crippen molar-refractivity contribution in [3.05, 3.63) is 74.0 Å². The van der Waals surface area contributed by atoms with Gasteiger partial charge in [-0.2, -0.15) is 16.4 Å². The maximum absolute atomic E-state index is 13.3. The van der Waals surface area contributed by atoms with E-state index in [1.165, 1.54) is 0 Å². The molecule has 2 N–H and O–H groups in total. The van der Waals surface area contributed by atoms with E-state index in [1.54, 1.807) is 17.5 Å². The Kier molecular flexibility index (Phi) is 6.28. The Labute approximate surface area is 191 Å². The molecule has 0 atom stereocenters. The standard InChI is InChI=1S/C25H28N4O2S/c1-5-6-17-9-16(4)28-25(31)21(17)12-26-24(30)20-10-19(18-7-8-32-14-18)11-23-22(20)13-27-29(23)15(2)3/h7-11,13-15H,5-6,12H2,1-4H3,(H,26,30)(H,28,31). The van der Waals surface area contributed by atoms with Crippen LogP contribution in [-0.2, 0) is 13.0 Å². The van der Waals surface area contributed by atoms with E-state index in [4.69, 9.17) is 0 Å². The fourth-order valence-corrected chi connectivity index (χ4v) is 4.74. The van der Waals surface area contributed by atoms with Gasteiger partial charge in [-0.05, 0) is 78.9 Å². The minimum Gasteiger partial charge on any atom is -0.348 e. The van der Waals surface area contributed by atoms with Gasteiger partial charge in [0, 0.05) is 29.2 Å². The molecule has 0 fully saturated rings. The first kappa shape index (κ1) is 22.0. The first-order chi connectivity index (χ1) is 15.4. The Morgan fingerprint density at radius 3 is 2.75 bits per heavy atom. The summed E-state index contributed by atoms with van der Waals surface area (Å²) in [6.45, 7) is 8.29. The van der Waals surface area contributed by atoms with Crippen molar-refractivity contribution in [2.75, 3.05) is 0 Å². The highest BCUT2D eigenvalue weighted by Crippen LogP contribution is 2.30. The quantitative estimate of drug-likeness (QED) is 0.406. The van der Waals surface area contributed by atoms with Crippen LogP contribution in [0.5, 0.6) is 0 Å². The van der Waals surface area contributed by atoms with Gasteiger partial charge in [-0.1, -0.05) is 13.3 Å². The summed E-state index contributed by atoms with van der Waals surface area (Å²) >= 11 is 1.62. The summed E-state index contributed by atoms with van der Waals surface area (Å²) in [6, 6.07) is 8.22. The molecule has 4 aromatic rings. The molecule has 0 aliphatic carbocycles. The van der Waals surface area contributed by atoms with Gasteiger partial charge in [-0.3, -0.25) is 14.3 Å². The normalized spacial score (nSPS) is 11.4. The first-order valence-electron chi connectivity index (χ1n) is 10.9. The molecule has 7 heteroatoms. The van der Waals surface area contributed by atoms with Crippen LogP contribution in [0.15, 0.2) is 46.0 Å². The zero-order chi connectivity index (χ0) is 22.8. The second kappa shape index (κ2) is 9.12. The highest BCUT2D eigenvalue weighted by molar-refractivity contribution is 7.08. The zero-order valence-corrected chi connectivity index (χ0v) is 19.7. The summed E-state index contributed by atoms with van der Waals surface area (Å²) in [5.74, 6) is -0.210. The van der Waals surface area contributed by atoms with E-state index in [0.717, 1.165) is 46.1 Å². The van der Waals surface area contributed by atoms with E-state index < -0.39 is 0 Å². The van der Waals surface area contributed by atoms with Gasteiger partial charge in [0.25, 0.3) is 11.5 Å². The largest absolute Gasteiger partial charge is 0.348 e. The number of rotatable bonds is 7. The zero-order valence-electron chi connectivity index (χ0n) is 18.9. The number of aryl methyl sites for hydroxylation is 2. The average molecular weight is 449 g/mol. The molecule has 0 saturated heterocycles. The van der Waals surface area contributed by atoms with Gasteiger partial charge in [0.1, 0.15) is 0 Å². The van der Waals surface area contributed by atoms with Crippen LogP contribution in [0.1, 0.15) is 60.4 Å². The second-order valence-corrected chi connectivity index (χ2v) is 9.15. The predicted molar refractivity (Wildman–Crippen MR) is 130 cm³/mol. The molecule has 0 bridgehead atoms. The maximum atomic E-state index is 13.3. The molecule has 32 heavy (non-hydrogen) atoms. The first-order valence-corrected chi connectivity index (χ1v) is 11.9. The van der Waals surface area contributed by atoms with Gasteiger partial charge in [-0.15, -0.1) is 0 Å². The Balaban J connectivity index is 1.72. The number of amides is 1. The minimum absolute atomic E-state index is 0.140. The SMILES string of the molecule is CCCc1cc(C)[nH]c(=O)c1CNC(=O)c1cc(-c2ccsc2)cc2c1cnn2C(C)C. The van der Waals surface area contributed by atoms with Gasteiger partial charge < -0.3 is 10.3 Å². The van der Waals surface area contributed by atoms with Gasteiger partial charge in [-0.25, -0.2) is 0 Å². The average Bonchev–Trinajstić information content (AvgIpc) is 3.42. The third-order valence-corrected chi connectivity index (χ3v) is 6.30. The van der Waals surface area contributed by atoms with E-state index in [-0.39, 0.29) is 24.1 Å². The molecule has 1 aromatic carbocycles. The van der Waals surface area contributed by atoms with E-state index in [0.29, 0.717) is 11.1 Å². The second-order valence-electron chi connectivity index (χ2n) is 8.37. The smallest absolute Gasteiger partial charge is 0.253 e. The topological polar surface area (TPSA) is 79.8 Å². The van der Waals surface area contributed by atoms with Crippen LogP contribution < -0.4 is 10.9 Å². The van der Waals surface area contributed by atoms with Crippen LogP contribution in [0.25, 0.3) is 22.0 Å². The minimum atomic E-state index is -0.210. The highest BCUT2D eigenvalue weighted by atomic mass is 32.1. The third kappa shape index (κ3) is 4.25. The number of aromatic amines is 1. The van der Waals surface area contributed by atoms with Crippen molar-refractivity contribution in [2.24, 2.45) is 0 Å². The highest BCUT2D eigenvalue weighted by Gasteiger charge is 2.18. The number of hydrogen-bond donors (Lipinski definition) is 2. The van der Waals surface area contributed by atoms with E-state index >= 15 is 0 Å². The lowest BCUT2D eigenvalue weighted by molar-refractivity contribution is 0.0952. The molecule has 0 aliphatic rings. The summed E-state index contributed by atoms with van der Waals surface area (Å²) in [5.41, 5.74) is 5.84. The number of thiophene rings is 1. The molecule has 4 rings (SSSR count). The van der Waals surface area contributed by atoms with Crippen LogP contribution in [0.3, 0.4) is 0 Å². The van der Waals surface area contributed by atoms with Crippen molar-refractivity contribution in [1.82, 2.24) is 20.1 Å². The summed E-state index contributed by atoms with van der Waals surface area (Å²) in [4.78, 5) is 28.7. The van der Waals surface area contributed by atoms with Crippen molar-refractivity contribution in [1.29, 1.82) is 0 Å². The van der Waals surface area contributed by atoms with Crippen LogP contribution in [-0.4, -0.2) is 20.7 Å². The van der Waals surface area contributed by atoms with Gasteiger partial charge in [0.15, 0.2) is 0 Å². The van der Waals surface area contributed by atoms with E-state index in [2.05, 4.69) is 47.6 Å². The number of fused-ring (bicyclic) bond motifs is 1. The number of H-pyrrole nitrogens is 1. The van der Waals surface area contributed by atoms with Gasteiger partial charge in [0.05, 0.1) is 17.3 Å². The summed E-state index contributed by atoms with van der Waals surface area (Å²) in [7, 11) is 0.